The molecule has 0 saturated carbocycles. The van der Waals surface area contributed by atoms with Crippen LogP contribution >= 0.6 is 15.9 Å². The monoisotopic (exact) mass is 265 g/mol. The molecule has 0 saturated heterocycles. The average Bonchev–Trinajstić information content (AvgIpc) is 2.16. The van der Waals surface area contributed by atoms with Gasteiger partial charge < -0.3 is 4.74 Å². The predicted octanol–water partition coefficient (Wildman–Crippen LogP) is 3.23. The third kappa shape index (κ3) is 2.03. The molecule has 1 aromatic heterocycles. The number of halogens is 3. The van der Waals surface area contributed by atoms with E-state index in [9.17, 15) is 8.78 Å². The molecule has 0 atom stereocenters. The first-order valence-electron chi connectivity index (χ1n) is 3.98. The van der Waals surface area contributed by atoms with Gasteiger partial charge in [-0.25, -0.2) is 8.78 Å². The van der Waals surface area contributed by atoms with E-state index in [1.807, 2.05) is 0 Å². The van der Waals surface area contributed by atoms with Crippen LogP contribution < -0.4 is 4.74 Å². The van der Waals surface area contributed by atoms with Crippen LogP contribution in [-0.4, -0.2) is 12.1 Å². The number of hydrogen-bond donors (Lipinski definition) is 0. The normalized spacial score (nSPS) is 10.7. The van der Waals surface area contributed by atoms with Gasteiger partial charge in [-0.15, -0.1) is 0 Å². The second kappa shape index (κ2) is 4.68. The van der Waals surface area contributed by atoms with Gasteiger partial charge in [0.25, 0.3) is 6.43 Å². The third-order valence-corrected chi connectivity index (χ3v) is 2.50. The summed E-state index contributed by atoms with van der Waals surface area (Å²) < 4.78 is 30.0. The van der Waals surface area contributed by atoms with Crippen LogP contribution in [0.1, 0.15) is 23.2 Å². The molecule has 0 unspecified atom stereocenters. The van der Waals surface area contributed by atoms with Crippen molar-refractivity contribution >= 4 is 15.9 Å². The van der Waals surface area contributed by atoms with Gasteiger partial charge in [-0.3, -0.25) is 4.98 Å². The van der Waals surface area contributed by atoms with Crippen molar-refractivity contribution in [2.45, 2.75) is 18.7 Å². The van der Waals surface area contributed by atoms with Crippen molar-refractivity contribution in [1.29, 1.82) is 0 Å². The molecule has 1 aromatic rings. The number of pyridine rings is 1. The standard InChI is InChI=1S/C9H10BrF2NO/c1-5-6(3-10)8(14-2)7(4-13-5)9(11)12/h4,9H,3H2,1-2H3. The number of aromatic nitrogens is 1. The van der Waals surface area contributed by atoms with E-state index in [-0.39, 0.29) is 11.3 Å². The van der Waals surface area contributed by atoms with E-state index in [0.717, 1.165) is 6.20 Å². The van der Waals surface area contributed by atoms with Gasteiger partial charge in [0.05, 0.1) is 12.7 Å². The minimum Gasteiger partial charge on any atom is -0.496 e. The highest BCUT2D eigenvalue weighted by Crippen LogP contribution is 2.33. The van der Waals surface area contributed by atoms with Crippen LogP contribution in [0.2, 0.25) is 0 Å². The van der Waals surface area contributed by atoms with Crippen LogP contribution in [-0.2, 0) is 5.33 Å². The lowest BCUT2D eigenvalue weighted by atomic mass is 10.1. The van der Waals surface area contributed by atoms with E-state index >= 15 is 0 Å². The molecule has 0 N–H and O–H groups in total. The first kappa shape index (κ1) is 11.4. The molecule has 78 valence electrons. The van der Waals surface area contributed by atoms with E-state index in [4.69, 9.17) is 4.74 Å². The van der Waals surface area contributed by atoms with E-state index in [1.54, 1.807) is 6.92 Å². The van der Waals surface area contributed by atoms with E-state index in [1.165, 1.54) is 7.11 Å². The van der Waals surface area contributed by atoms with Crippen LogP contribution in [0.4, 0.5) is 8.78 Å². The Bertz CT molecular complexity index is 331. The van der Waals surface area contributed by atoms with E-state index in [0.29, 0.717) is 16.6 Å². The molecule has 0 fully saturated rings. The quantitative estimate of drug-likeness (QED) is 0.783. The largest absolute Gasteiger partial charge is 0.496 e. The Balaban J connectivity index is 3.33. The SMILES string of the molecule is COc1c(C(F)F)cnc(C)c1CBr. The van der Waals surface area contributed by atoms with Crippen molar-refractivity contribution in [1.82, 2.24) is 4.98 Å². The Kier molecular flexibility index (Phi) is 3.80. The second-order valence-electron chi connectivity index (χ2n) is 2.75. The summed E-state index contributed by atoms with van der Waals surface area (Å²) in [7, 11) is 1.38. The molecule has 0 aliphatic carbocycles. The highest BCUT2D eigenvalue weighted by molar-refractivity contribution is 9.08. The summed E-state index contributed by atoms with van der Waals surface area (Å²) in [6.07, 6.45) is -1.40. The summed E-state index contributed by atoms with van der Waals surface area (Å²) in [5.74, 6) is 0.226. The third-order valence-electron chi connectivity index (χ3n) is 1.94. The minimum atomic E-state index is -2.56. The van der Waals surface area contributed by atoms with Crippen molar-refractivity contribution in [3.63, 3.8) is 0 Å². The molecular formula is C9H10BrF2NO. The molecule has 0 radical (unpaired) electrons. The molecule has 1 heterocycles. The van der Waals surface area contributed by atoms with Crippen molar-refractivity contribution < 1.29 is 13.5 Å². The number of nitrogens with zero attached hydrogens (tertiary/aromatic N) is 1. The fraction of sp³-hybridized carbons (Fsp3) is 0.444. The molecule has 0 aliphatic rings. The Morgan fingerprint density at radius 2 is 2.21 bits per heavy atom. The summed E-state index contributed by atoms with van der Waals surface area (Å²) in [6, 6.07) is 0. The topological polar surface area (TPSA) is 22.1 Å². The van der Waals surface area contributed by atoms with E-state index < -0.39 is 6.43 Å². The van der Waals surface area contributed by atoms with Crippen LogP contribution in [0, 0.1) is 6.92 Å². The van der Waals surface area contributed by atoms with Crippen molar-refractivity contribution in [2.24, 2.45) is 0 Å². The summed E-state index contributed by atoms with van der Waals surface area (Å²) in [5, 5.41) is 0.454. The molecule has 5 heteroatoms. The average molecular weight is 266 g/mol. The summed E-state index contributed by atoms with van der Waals surface area (Å²) in [5.41, 5.74) is 1.21. The highest BCUT2D eigenvalue weighted by Gasteiger charge is 2.18. The van der Waals surface area contributed by atoms with Gasteiger partial charge in [-0.2, -0.15) is 0 Å². The van der Waals surface area contributed by atoms with Crippen LogP contribution in [0.3, 0.4) is 0 Å². The van der Waals surface area contributed by atoms with Gasteiger partial charge in [0.1, 0.15) is 5.75 Å². The maximum atomic E-state index is 12.5. The molecule has 0 amide bonds. The Morgan fingerprint density at radius 3 is 2.64 bits per heavy atom. The fourth-order valence-electron chi connectivity index (χ4n) is 1.20. The Labute approximate surface area is 89.4 Å². The van der Waals surface area contributed by atoms with Gasteiger partial charge in [-0.05, 0) is 6.92 Å². The lowest BCUT2D eigenvalue weighted by Gasteiger charge is -2.12. The Hall–Kier alpha value is -0.710. The summed E-state index contributed by atoms with van der Waals surface area (Å²) in [6.45, 7) is 1.76. The second-order valence-corrected chi connectivity index (χ2v) is 3.31. The predicted molar refractivity (Wildman–Crippen MR) is 53.1 cm³/mol. The minimum absolute atomic E-state index is 0.160. The maximum absolute atomic E-state index is 12.5. The molecule has 14 heavy (non-hydrogen) atoms. The molecule has 0 spiro atoms. The number of methoxy groups -OCH3 is 1. The van der Waals surface area contributed by atoms with Crippen LogP contribution in [0.15, 0.2) is 6.20 Å². The zero-order chi connectivity index (χ0) is 10.7. The van der Waals surface area contributed by atoms with Gasteiger partial charge >= 0.3 is 0 Å². The number of alkyl halides is 3. The lowest BCUT2D eigenvalue weighted by molar-refractivity contribution is 0.146. The zero-order valence-electron chi connectivity index (χ0n) is 7.85. The van der Waals surface area contributed by atoms with Crippen LogP contribution in [0.5, 0.6) is 5.75 Å². The smallest absolute Gasteiger partial charge is 0.268 e. The first-order chi connectivity index (χ1) is 6.61. The molecule has 0 bridgehead atoms. The number of hydrogen-bond acceptors (Lipinski definition) is 2. The molecule has 2 nitrogen and oxygen atoms in total. The molecule has 0 aliphatic heterocycles. The van der Waals surface area contributed by atoms with Gasteiger partial charge in [-0.1, -0.05) is 15.9 Å². The number of ether oxygens (including phenoxy) is 1. The van der Waals surface area contributed by atoms with Gasteiger partial charge in [0, 0.05) is 22.8 Å². The summed E-state index contributed by atoms with van der Waals surface area (Å²) >= 11 is 3.22. The van der Waals surface area contributed by atoms with Gasteiger partial charge in [0.2, 0.25) is 0 Å². The first-order valence-corrected chi connectivity index (χ1v) is 5.10. The summed E-state index contributed by atoms with van der Waals surface area (Å²) in [4.78, 5) is 3.89. The number of rotatable bonds is 3. The van der Waals surface area contributed by atoms with Crippen molar-refractivity contribution in [3.05, 3.63) is 23.0 Å². The van der Waals surface area contributed by atoms with Crippen LogP contribution in [0.25, 0.3) is 0 Å². The highest BCUT2D eigenvalue weighted by atomic mass is 79.9. The van der Waals surface area contributed by atoms with Gasteiger partial charge in [0.15, 0.2) is 0 Å². The Morgan fingerprint density at radius 1 is 1.57 bits per heavy atom. The lowest BCUT2D eigenvalue weighted by Crippen LogP contribution is -2.01. The molecule has 0 aromatic carbocycles. The van der Waals surface area contributed by atoms with Crippen molar-refractivity contribution in [2.75, 3.05) is 7.11 Å². The zero-order valence-corrected chi connectivity index (χ0v) is 9.44. The molecular weight excluding hydrogens is 256 g/mol. The molecule has 1 rings (SSSR count). The van der Waals surface area contributed by atoms with E-state index in [2.05, 4.69) is 20.9 Å². The maximum Gasteiger partial charge on any atom is 0.268 e. The van der Waals surface area contributed by atoms with Crippen molar-refractivity contribution in [3.8, 4) is 5.75 Å². The fourth-order valence-corrected chi connectivity index (χ4v) is 1.86. The number of aryl methyl sites for hydroxylation is 1.